The number of anilines is 1. The monoisotopic (exact) mass is 508 g/mol. The van der Waals surface area contributed by atoms with Gasteiger partial charge in [0.25, 0.3) is 11.8 Å². The molecule has 2 aromatic carbocycles. The predicted octanol–water partition coefficient (Wildman–Crippen LogP) is 4.73. The molecule has 0 unspecified atom stereocenters. The first kappa shape index (κ1) is 22.3. The summed E-state index contributed by atoms with van der Waals surface area (Å²) in [6.07, 6.45) is 1.49. The van der Waals surface area contributed by atoms with Gasteiger partial charge in [-0.15, -0.1) is 0 Å². The molecule has 6 nitrogen and oxygen atoms in total. The Morgan fingerprint density at radius 3 is 2.43 bits per heavy atom. The van der Waals surface area contributed by atoms with Gasteiger partial charge in [-0.3, -0.25) is 19.8 Å². The lowest BCUT2D eigenvalue weighted by molar-refractivity contribution is -0.122. The van der Waals surface area contributed by atoms with Crippen LogP contribution in [0.1, 0.15) is 19.4 Å². The molecular formula is C21H18BrClN2O4S. The number of thiocarbonyl (C=S) groups is 1. The molecule has 0 spiro atoms. The molecule has 30 heavy (non-hydrogen) atoms. The standard InChI is InChI=1S/C21H18BrClN2O4S/c1-3-28-17-11-12(10-16(22)18(17)29-4-2)9-15-19(26)24-21(30)25(20(15)27)14-7-5-13(23)6-8-14/h5-11H,3-4H2,1-2H3,(H,24,26,30)/b15-9+. The maximum Gasteiger partial charge on any atom is 0.270 e. The van der Waals surface area contributed by atoms with Crippen LogP contribution >= 0.6 is 39.7 Å². The quantitative estimate of drug-likeness (QED) is 0.346. The zero-order valence-corrected chi connectivity index (χ0v) is 19.4. The normalized spacial score (nSPS) is 15.4. The van der Waals surface area contributed by atoms with E-state index in [1.807, 2.05) is 13.8 Å². The summed E-state index contributed by atoms with van der Waals surface area (Å²) in [4.78, 5) is 26.9. The molecule has 1 aliphatic heterocycles. The summed E-state index contributed by atoms with van der Waals surface area (Å²) in [5.74, 6) is -0.0357. The van der Waals surface area contributed by atoms with Crippen LogP contribution in [0.4, 0.5) is 5.69 Å². The van der Waals surface area contributed by atoms with Gasteiger partial charge in [0.1, 0.15) is 5.57 Å². The van der Waals surface area contributed by atoms with Gasteiger partial charge in [0, 0.05) is 5.02 Å². The lowest BCUT2D eigenvalue weighted by Crippen LogP contribution is -2.54. The smallest absolute Gasteiger partial charge is 0.270 e. The topological polar surface area (TPSA) is 67.9 Å². The van der Waals surface area contributed by atoms with Crippen LogP contribution in [0.25, 0.3) is 6.08 Å². The van der Waals surface area contributed by atoms with Crippen molar-refractivity contribution in [2.45, 2.75) is 13.8 Å². The fourth-order valence-corrected chi connectivity index (χ4v) is 3.85. The molecule has 2 amide bonds. The molecule has 1 fully saturated rings. The zero-order chi connectivity index (χ0) is 21.8. The van der Waals surface area contributed by atoms with Crippen LogP contribution in [0.5, 0.6) is 11.5 Å². The second-order valence-electron chi connectivity index (χ2n) is 6.13. The predicted molar refractivity (Wildman–Crippen MR) is 124 cm³/mol. The molecule has 156 valence electrons. The number of benzene rings is 2. The summed E-state index contributed by atoms with van der Waals surface area (Å²) < 4.78 is 11.9. The second-order valence-corrected chi connectivity index (χ2v) is 7.81. The van der Waals surface area contributed by atoms with Crippen molar-refractivity contribution in [1.29, 1.82) is 0 Å². The van der Waals surface area contributed by atoms with Crippen molar-refractivity contribution in [3.05, 3.63) is 57.0 Å². The van der Waals surface area contributed by atoms with Gasteiger partial charge in [-0.05, 0) is 90.0 Å². The Morgan fingerprint density at radius 1 is 1.13 bits per heavy atom. The maximum atomic E-state index is 13.1. The van der Waals surface area contributed by atoms with E-state index in [0.29, 0.717) is 45.5 Å². The van der Waals surface area contributed by atoms with Crippen LogP contribution < -0.4 is 19.7 Å². The Bertz CT molecular complexity index is 1040. The number of carbonyl (C=O) groups excluding carboxylic acids is 2. The number of rotatable bonds is 6. The molecular weight excluding hydrogens is 492 g/mol. The van der Waals surface area contributed by atoms with E-state index >= 15 is 0 Å². The number of hydrogen-bond donors (Lipinski definition) is 1. The molecule has 3 rings (SSSR count). The molecule has 0 aliphatic carbocycles. The van der Waals surface area contributed by atoms with Gasteiger partial charge in [-0.25, -0.2) is 0 Å². The van der Waals surface area contributed by atoms with E-state index in [9.17, 15) is 9.59 Å². The SMILES string of the molecule is CCOc1cc(/C=C2\C(=O)NC(=S)N(c3ccc(Cl)cc3)C2=O)cc(Br)c1OCC. The van der Waals surface area contributed by atoms with Crippen molar-refractivity contribution in [3.63, 3.8) is 0 Å². The first-order chi connectivity index (χ1) is 14.3. The van der Waals surface area contributed by atoms with Gasteiger partial charge in [0.15, 0.2) is 16.6 Å². The third-order valence-corrected chi connectivity index (χ3v) is 5.24. The summed E-state index contributed by atoms with van der Waals surface area (Å²) >= 11 is 14.6. The summed E-state index contributed by atoms with van der Waals surface area (Å²) in [5, 5.41) is 3.09. The van der Waals surface area contributed by atoms with Gasteiger partial charge in [0.2, 0.25) is 0 Å². The molecule has 1 N–H and O–H groups in total. The lowest BCUT2D eigenvalue weighted by Gasteiger charge is -2.29. The number of amides is 2. The fraction of sp³-hybridized carbons (Fsp3) is 0.190. The average Bonchev–Trinajstić information content (AvgIpc) is 2.69. The molecule has 1 heterocycles. The van der Waals surface area contributed by atoms with Gasteiger partial charge in [0.05, 0.1) is 23.4 Å². The molecule has 0 radical (unpaired) electrons. The first-order valence-corrected chi connectivity index (χ1v) is 10.7. The van der Waals surface area contributed by atoms with Crippen LogP contribution in [0, 0.1) is 0 Å². The Morgan fingerprint density at radius 2 is 1.80 bits per heavy atom. The average molecular weight is 510 g/mol. The van der Waals surface area contributed by atoms with Crippen LogP contribution in [0.15, 0.2) is 46.4 Å². The van der Waals surface area contributed by atoms with Gasteiger partial charge in [-0.2, -0.15) is 0 Å². The molecule has 0 atom stereocenters. The van der Waals surface area contributed by atoms with Crippen LogP contribution in [-0.4, -0.2) is 30.1 Å². The van der Waals surface area contributed by atoms with Crippen molar-refractivity contribution in [3.8, 4) is 11.5 Å². The Kier molecular flexibility index (Phi) is 7.12. The molecule has 0 saturated carbocycles. The highest BCUT2D eigenvalue weighted by molar-refractivity contribution is 9.10. The summed E-state index contributed by atoms with van der Waals surface area (Å²) in [6, 6.07) is 10.1. The maximum absolute atomic E-state index is 13.1. The molecule has 1 saturated heterocycles. The van der Waals surface area contributed by atoms with Crippen molar-refractivity contribution >= 4 is 68.4 Å². The van der Waals surface area contributed by atoms with Crippen molar-refractivity contribution < 1.29 is 19.1 Å². The Balaban J connectivity index is 2.03. The van der Waals surface area contributed by atoms with E-state index in [1.54, 1.807) is 36.4 Å². The number of hydrogen-bond acceptors (Lipinski definition) is 5. The number of nitrogens with zero attached hydrogens (tertiary/aromatic N) is 1. The second kappa shape index (κ2) is 9.59. The third kappa shape index (κ3) is 4.66. The van der Waals surface area contributed by atoms with E-state index in [1.165, 1.54) is 11.0 Å². The van der Waals surface area contributed by atoms with Gasteiger partial charge in [-0.1, -0.05) is 11.6 Å². The minimum atomic E-state index is -0.571. The summed E-state index contributed by atoms with van der Waals surface area (Å²) in [7, 11) is 0. The third-order valence-electron chi connectivity index (χ3n) is 4.12. The number of ether oxygens (including phenoxy) is 2. The van der Waals surface area contributed by atoms with Gasteiger partial charge >= 0.3 is 0 Å². The van der Waals surface area contributed by atoms with Crippen LogP contribution in [0.2, 0.25) is 5.02 Å². The van der Waals surface area contributed by atoms with E-state index in [-0.39, 0.29) is 10.7 Å². The van der Waals surface area contributed by atoms with Crippen LogP contribution in [0.3, 0.4) is 0 Å². The minimum absolute atomic E-state index is 0.00681. The molecule has 0 aromatic heterocycles. The Hall–Kier alpha value is -2.42. The first-order valence-electron chi connectivity index (χ1n) is 9.11. The number of halogens is 2. The highest BCUT2D eigenvalue weighted by Gasteiger charge is 2.34. The van der Waals surface area contributed by atoms with Crippen molar-refractivity contribution in [2.75, 3.05) is 18.1 Å². The summed E-state index contributed by atoms with van der Waals surface area (Å²) in [5.41, 5.74) is 1.04. The highest BCUT2D eigenvalue weighted by Crippen LogP contribution is 2.37. The van der Waals surface area contributed by atoms with E-state index in [4.69, 9.17) is 33.3 Å². The van der Waals surface area contributed by atoms with E-state index in [2.05, 4.69) is 21.2 Å². The van der Waals surface area contributed by atoms with E-state index < -0.39 is 11.8 Å². The molecule has 1 aliphatic rings. The van der Waals surface area contributed by atoms with Crippen molar-refractivity contribution in [2.24, 2.45) is 0 Å². The van der Waals surface area contributed by atoms with Crippen LogP contribution in [-0.2, 0) is 9.59 Å². The minimum Gasteiger partial charge on any atom is -0.490 e. The van der Waals surface area contributed by atoms with Gasteiger partial charge < -0.3 is 9.47 Å². The Labute approximate surface area is 192 Å². The lowest BCUT2D eigenvalue weighted by atomic mass is 10.1. The summed E-state index contributed by atoms with van der Waals surface area (Å²) in [6.45, 7) is 4.63. The largest absolute Gasteiger partial charge is 0.490 e. The molecule has 9 heteroatoms. The number of carbonyl (C=O) groups is 2. The number of nitrogens with one attached hydrogen (secondary N) is 1. The zero-order valence-electron chi connectivity index (χ0n) is 16.2. The molecule has 2 aromatic rings. The highest BCUT2D eigenvalue weighted by atomic mass is 79.9. The van der Waals surface area contributed by atoms with E-state index in [0.717, 1.165) is 0 Å². The fourth-order valence-electron chi connectivity index (χ4n) is 2.87. The molecule has 0 bridgehead atoms. The van der Waals surface area contributed by atoms with Crippen molar-refractivity contribution in [1.82, 2.24) is 5.32 Å².